The van der Waals surface area contributed by atoms with Crippen molar-refractivity contribution < 1.29 is 0 Å². The van der Waals surface area contributed by atoms with Crippen LogP contribution in [0.5, 0.6) is 0 Å². The highest BCUT2D eigenvalue weighted by Crippen LogP contribution is 1.99. The van der Waals surface area contributed by atoms with E-state index >= 15 is 0 Å². The van der Waals surface area contributed by atoms with Gasteiger partial charge in [0.2, 0.25) is 0 Å². The number of allylic oxidation sites excluding steroid dienone is 8. The van der Waals surface area contributed by atoms with E-state index in [0.717, 1.165) is 19.3 Å². The van der Waals surface area contributed by atoms with Gasteiger partial charge in [-0.1, -0.05) is 88.1 Å². The SMILES string of the molecule is CCCC/C=C/C/C=C/C/C=C/C/C=C/CCCC. The van der Waals surface area contributed by atoms with E-state index in [4.69, 9.17) is 0 Å². The quantitative estimate of drug-likeness (QED) is 0.268. The first-order valence-electron chi connectivity index (χ1n) is 8.01. The van der Waals surface area contributed by atoms with Crippen molar-refractivity contribution in [3.8, 4) is 0 Å². The Labute approximate surface area is 121 Å². The predicted octanol–water partition coefficient (Wildman–Crippen LogP) is 6.76. The van der Waals surface area contributed by atoms with Crippen LogP contribution < -0.4 is 0 Å². The van der Waals surface area contributed by atoms with Gasteiger partial charge in [-0.3, -0.25) is 0 Å². The van der Waals surface area contributed by atoms with Crippen molar-refractivity contribution in [1.82, 2.24) is 0 Å². The summed E-state index contributed by atoms with van der Waals surface area (Å²) in [5.41, 5.74) is 0. The summed E-state index contributed by atoms with van der Waals surface area (Å²) in [6.07, 6.45) is 29.0. The molecule has 0 radical (unpaired) electrons. The first kappa shape index (κ1) is 18.0. The normalized spacial score (nSPS) is 12.7. The Hall–Kier alpha value is -1.04. The van der Waals surface area contributed by atoms with Gasteiger partial charge in [-0.25, -0.2) is 0 Å². The predicted molar refractivity (Wildman–Crippen MR) is 89.5 cm³/mol. The van der Waals surface area contributed by atoms with Crippen molar-refractivity contribution in [3.05, 3.63) is 48.6 Å². The van der Waals surface area contributed by atoms with E-state index in [9.17, 15) is 0 Å². The summed E-state index contributed by atoms with van der Waals surface area (Å²) in [6, 6.07) is 0. The highest BCUT2D eigenvalue weighted by Gasteiger charge is 1.78. The van der Waals surface area contributed by atoms with Crippen molar-refractivity contribution in [1.29, 1.82) is 0 Å². The summed E-state index contributed by atoms with van der Waals surface area (Å²) in [4.78, 5) is 0. The van der Waals surface area contributed by atoms with Gasteiger partial charge in [0.25, 0.3) is 0 Å². The zero-order chi connectivity index (χ0) is 14.0. The van der Waals surface area contributed by atoms with Crippen LogP contribution in [0.3, 0.4) is 0 Å². The molecule has 0 aromatic carbocycles. The molecule has 0 amide bonds. The van der Waals surface area contributed by atoms with E-state index in [2.05, 4.69) is 62.5 Å². The first-order valence-corrected chi connectivity index (χ1v) is 8.01. The summed E-state index contributed by atoms with van der Waals surface area (Å²) in [7, 11) is 0. The topological polar surface area (TPSA) is 0 Å². The van der Waals surface area contributed by atoms with Gasteiger partial charge < -0.3 is 0 Å². The molecule has 0 atom stereocenters. The van der Waals surface area contributed by atoms with Crippen molar-refractivity contribution in [2.75, 3.05) is 0 Å². The third-order valence-corrected chi connectivity index (χ3v) is 2.93. The molecule has 0 bridgehead atoms. The van der Waals surface area contributed by atoms with Crippen LogP contribution in [0.1, 0.15) is 71.6 Å². The molecule has 0 heterocycles. The van der Waals surface area contributed by atoms with Gasteiger partial charge in [0.05, 0.1) is 0 Å². The molecule has 0 aliphatic rings. The second kappa shape index (κ2) is 17.0. The number of rotatable bonds is 12. The monoisotopic (exact) mass is 260 g/mol. The molecule has 108 valence electrons. The fourth-order valence-corrected chi connectivity index (χ4v) is 1.69. The van der Waals surface area contributed by atoms with Crippen LogP contribution in [0, 0.1) is 0 Å². The zero-order valence-electron chi connectivity index (χ0n) is 13.0. The number of unbranched alkanes of at least 4 members (excludes halogenated alkanes) is 4. The van der Waals surface area contributed by atoms with Gasteiger partial charge in [-0.05, 0) is 32.1 Å². The van der Waals surface area contributed by atoms with Crippen LogP contribution in [-0.4, -0.2) is 0 Å². The van der Waals surface area contributed by atoms with Crippen LogP contribution in [0.25, 0.3) is 0 Å². The lowest BCUT2D eigenvalue weighted by Gasteiger charge is -1.88. The van der Waals surface area contributed by atoms with E-state index in [1.54, 1.807) is 0 Å². The van der Waals surface area contributed by atoms with E-state index < -0.39 is 0 Å². The minimum absolute atomic E-state index is 1.06. The van der Waals surface area contributed by atoms with E-state index in [-0.39, 0.29) is 0 Å². The zero-order valence-corrected chi connectivity index (χ0v) is 13.0. The summed E-state index contributed by atoms with van der Waals surface area (Å²) < 4.78 is 0. The molecule has 0 rings (SSSR count). The van der Waals surface area contributed by atoms with Crippen LogP contribution in [0.2, 0.25) is 0 Å². The molecule has 0 aromatic rings. The lowest BCUT2D eigenvalue weighted by molar-refractivity contribution is 0.813. The molecule has 0 spiro atoms. The van der Waals surface area contributed by atoms with E-state index in [0.29, 0.717) is 0 Å². The number of hydrogen-bond acceptors (Lipinski definition) is 0. The highest BCUT2D eigenvalue weighted by molar-refractivity contribution is 4.99. The molecule has 0 nitrogen and oxygen atoms in total. The van der Waals surface area contributed by atoms with Crippen LogP contribution in [0.15, 0.2) is 48.6 Å². The van der Waals surface area contributed by atoms with Crippen LogP contribution in [-0.2, 0) is 0 Å². The van der Waals surface area contributed by atoms with Crippen LogP contribution >= 0.6 is 0 Å². The maximum absolute atomic E-state index is 2.30. The summed E-state index contributed by atoms with van der Waals surface area (Å²) in [5, 5.41) is 0. The Morgan fingerprint density at radius 3 is 1.11 bits per heavy atom. The Balaban J connectivity index is 3.36. The molecule has 0 aliphatic heterocycles. The Morgan fingerprint density at radius 1 is 0.474 bits per heavy atom. The summed E-state index contributed by atoms with van der Waals surface area (Å²) in [5.74, 6) is 0. The van der Waals surface area contributed by atoms with Crippen molar-refractivity contribution >= 4 is 0 Å². The molecule has 0 saturated carbocycles. The molecule has 0 aliphatic carbocycles. The Bertz CT molecular complexity index is 238. The summed E-state index contributed by atoms with van der Waals surface area (Å²) >= 11 is 0. The van der Waals surface area contributed by atoms with Gasteiger partial charge in [0.15, 0.2) is 0 Å². The number of hydrogen-bond donors (Lipinski definition) is 0. The van der Waals surface area contributed by atoms with Crippen molar-refractivity contribution in [2.24, 2.45) is 0 Å². The minimum Gasteiger partial charge on any atom is -0.0882 e. The maximum Gasteiger partial charge on any atom is -0.0169 e. The molecule has 0 N–H and O–H groups in total. The lowest BCUT2D eigenvalue weighted by Crippen LogP contribution is -1.67. The first-order chi connectivity index (χ1) is 9.41. The van der Waals surface area contributed by atoms with Gasteiger partial charge in [-0.2, -0.15) is 0 Å². The third-order valence-electron chi connectivity index (χ3n) is 2.93. The average molecular weight is 260 g/mol. The van der Waals surface area contributed by atoms with Crippen LogP contribution in [0.4, 0.5) is 0 Å². The van der Waals surface area contributed by atoms with Gasteiger partial charge in [-0.15, -0.1) is 0 Å². The van der Waals surface area contributed by atoms with Gasteiger partial charge in [0.1, 0.15) is 0 Å². The lowest BCUT2D eigenvalue weighted by atomic mass is 10.2. The molecule has 0 fully saturated rings. The fraction of sp³-hybridized carbons (Fsp3) is 0.579. The Morgan fingerprint density at radius 2 is 0.789 bits per heavy atom. The molecule has 0 heteroatoms. The molecule has 19 heavy (non-hydrogen) atoms. The smallest absolute Gasteiger partial charge is 0.0169 e. The van der Waals surface area contributed by atoms with Crippen molar-refractivity contribution in [2.45, 2.75) is 71.6 Å². The Kier molecular flexibility index (Phi) is 16.0. The van der Waals surface area contributed by atoms with Gasteiger partial charge >= 0.3 is 0 Å². The third kappa shape index (κ3) is 17.0. The molecule has 0 aromatic heterocycles. The standard InChI is InChI=1S/C19H32/c1-3-5-7-9-11-13-15-17-19-18-16-14-12-10-8-6-4-2/h9-12,15-18H,3-8,13-14,19H2,1-2H3/b11-9+,12-10+,17-15+,18-16+. The largest absolute Gasteiger partial charge is 0.0882 e. The second-order valence-electron chi connectivity index (χ2n) is 4.88. The minimum atomic E-state index is 1.06. The second-order valence-corrected chi connectivity index (χ2v) is 4.88. The van der Waals surface area contributed by atoms with Crippen molar-refractivity contribution in [3.63, 3.8) is 0 Å². The molecule has 0 unspecified atom stereocenters. The molecular weight excluding hydrogens is 228 g/mol. The summed E-state index contributed by atoms with van der Waals surface area (Å²) in [6.45, 7) is 4.47. The maximum atomic E-state index is 2.30. The van der Waals surface area contributed by atoms with Gasteiger partial charge in [0, 0.05) is 0 Å². The van der Waals surface area contributed by atoms with E-state index in [1.807, 2.05) is 0 Å². The molecule has 0 saturated heterocycles. The van der Waals surface area contributed by atoms with E-state index in [1.165, 1.54) is 38.5 Å². The fourth-order valence-electron chi connectivity index (χ4n) is 1.69. The average Bonchev–Trinajstić information content (AvgIpc) is 2.43. The highest BCUT2D eigenvalue weighted by atomic mass is 13.8. The molecular formula is C19H32.